The van der Waals surface area contributed by atoms with Crippen molar-refractivity contribution in [3.05, 3.63) is 46.2 Å². The van der Waals surface area contributed by atoms with Crippen LogP contribution in [-0.2, 0) is 27.5 Å². The van der Waals surface area contributed by atoms with Gasteiger partial charge in [-0.25, -0.2) is 14.6 Å². The minimum atomic E-state index is -5.08. The van der Waals surface area contributed by atoms with Crippen molar-refractivity contribution in [2.24, 2.45) is 0 Å². The molecule has 0 atom stereocenters. The van der Waals surface area contributed by atoms with Gasteiger partial charge in [-0.15, -0.1) is 11.3 Å². The molecule has 0 bridgehead atoms. The number of carbonyl (C=O) groups excluding carboxylic acids is 1. The van der Waals surface area contributed by atoms with Crippen LogP contribution < -0.4 is 0 Å². The fourth-order valence-electron chi connectivity index (χ4n) is 4.16. The first-order valence-electron chi connectivity index (χ1n) is 11.5. The molecule has 2 aliphatic heterocycles. The van der Waals surface area contributed by atoms with Crippen molar-refractivity contribution in [1.82, 2.24) is 19.8 Å². The van der Waals surface area contributed by atoms with Crippen molar-refractivity contribution in [3.8, 4) is 0 Å². The van der Waals surface area contributed by atoms with Crippen molar-refractivity contribution in [2.75, 3.05) is 13.1 Å². The van der Waals surface area contributed by atoms with Gasteiger partial charge in [-0.3, -0.25) is 14.7 Å². The SMILES string of the molecule is Cc1nc(CN2CCC3(CCC(=O)N3Cc3ccncc3)CC2)cs1.O=C(O)C(F)(F)F.O=C(O)C(F)(F)F. The van der Waals surface area contributed by atoms with Crippen LogP contribution in [0.2, 0.25) is 0 Å². The first kappa shape index (κ1) is 31.9. The number of nitrogens with zero attached hydrogens (tertiary/aromatic N) is 4. The molecule has 2 fully saturated rings. The van der Waals surface area contributed by atoms with Gasteiger partial charge in [0.15, 0.2) is 0 Å². The van der Waals surface area contributed by atoms with Crippen LogP contribution in [0.4, 0.5) is 26.3 Å². The van der Waals surface area contributed by atoms with E-state index in [0.29, 0.717) is 18.9 Å². The average molecular weight is 585 g/mol. The van der Waals surface area contributed by atoms with Crippen LogP contribution >= 0.6 is 11.3 Å². The maximum Gasteiger partial charge on any atom is 0.490 e. The summed E-state index contributed by atoms with van der Waals surface area (Å²) in [5.41, 5.74) is 2.40. The van der Waals surface area contributed by atoms with E-state index < -0.39 is 24.3 Å². The molecule has 2 saturated heterocycles. The molecule has 39 heavy (non-hydrogen) atoms. The van der Waals surface area contributed by atoms with Crippen molar-refractivity contribution >= 4 is 29.2 Å². The second-order valence-corrected chi connectivity index (χ2v) is 9.86. The summed E-state index contributed by atoms with van der Waals surface area (Å²) >= 11 is 1.72. The number of amides is 1. The number of carboxylic acids is 2. The fourth-order valence-corrected chi connectivity index (χ4v) is 4.76. The summed E-state index contributed by atoms with van der Waals surface area (Å²) < 4.78 is 63.5. The molecule has 4 rings (SSSR count). The molecular weight excluding hydrogens is 558 g/mol. The third-order valence-electron chi connectivity index (χ3n) is 6.09. The maximum atomic E-state index is 12.5. The van der Waals surface area contributed by atoms with Crippen molar-refractivity contribution in [2.45, 2.75) is 63.6 Å². The molecule has 1 amide bonds. The minimum absolute atomic E-state index is 0.0504. The summed E-state index contributed by atoms with van der Waals surface area (Å²) in [5, 5.41) is 17.5. The number of aliphatic carboxylic acids is 2. The number of halogens is 6. The van der Waals surface area contributed by atoms with E-state index in [-0.39, 0.29) is 5.54 Å². The van der Waals surface area contributed by atoms with Crippen LogP contribution in [0.3, 0.4) is 0 Å². The fraction of sp³-hybridized carbons (Fsp3) is 0.522. The van der Waals surface area contributed by atoms with Gasteiger partial charge in [-0.05, 0) is 43.9 Å². The Hall–Kier alpha value is -3.27. The predicted molar refractivity (Wildman–Crippen MR) is 125 cm³/mol. The summed E-state index contributed by atoms with van der Waals surface area (Å²) in [5.74, 6) is -5.21. The number of aromatic nitrogens is 2. The Balaban J connectivity index is 0.000000317. The zero-order chi connectivity index (χ0) is 29.4. The molecule has 216 valence electrons. The van der Waals surface area contributed by atoms with Gasteiger partial charge >= 0.3 is 24.3 Å². The lowest BCUT2D eigenvalue weighted by molar-refractivity contribution is -0.193. The van der Waals surface area contributed by atoms with E-state index >= 15 is 0 Å². The van der Waals surface area contributed by atoms with Crippen LogP contribution in [0.5, 0.6) is 0 Å². The third kappa shape index (κ3) is 9.76. The molecule has 0 radical (unpaired) electrons. The standard InChI is InChI=1S/C19H24N4OS.2C2HF3O2/c1-15-21-17(14-25-15)13-22-10-6-19(7-11-22)5-2-18(24)23(19)12-16-3-8-20-9-4-16;2*3-2(4,5)1(6)7/h3-4,8-9,14H,2,5-7,10-13H2,1H3;2*(H,6,7). The molecule has 0 aromatic carbocycles. The van der Waals surface area contributed by atoms with E-state index in [4.69, 9.17) is 19.8 Å². The number of thiazole rings is 1. The number of pyridine rings is 1. The Bertz CT molecular complexity index is 1090. The van der Waals surface area contributed by atoms with Crippen LogP contribution in [-0.4, -0.2) is 78.8 Å². The number of piperidine rings is 1. The van der Waals surface area contributed by atoms with Crippen molar-refractivity contribution < 1.29 is 50.9 Å². The number of hydrogen-bond donors (Lipinski definition) is 2. The monoisotopic (exact) mass is 584 g/mol. The molecule has 0 aliphatic carbocycles. The molecule has 2 aliphatic rings. The molecule has 2 aromatic rings. The molecule has 0 unspecified atom stereocenters. The van der Waals surface area contributed by atoms with E-state index in [0.717, 1.165) is 43.9 Å². The molecule has 16 heteroatoms. The van der Waals surface area contributed by atoms with E-state index in [2.05, 4.69) is 32.1 Å². The summed E-state index contributed by atoms with van der Waals surface area (Å²) in [7, 11) is 0. The third-order valence-corrected chi connectivity index (χ3v) is 6.91. The van der Waals surface area contributed by atoms with Crippen LogP contribution in [0.25, 0.3) is 0 Å². The Kier molecular flexibility index (Phi) is 10.8. The van der Waals surface area contributed by atoms with Gasteiger partial charge in [0.1, 0.15) is 0 Å². The summed E-state index contributed by atoms with van der Waals surface area (Å²) in [6.45, 7) is 5.78. The van der Waals surface area contributed by atoms with Gasteiger partial charge in [0.2, 0.25) is 5.91 Å². The minimum Gasteiger partial charge on any atom is -0.475 e. The Morgan fingerprint density at radius 3 is 1.92 bits per heavy atom. The van der Waals surface area contributed by atoms with E-state index in [1.165, 1.54) is 11.3 Å². The molecule has 9 nitrogen and oxygen atoms in total. The lowest BCUT2D eigenvalue weighted by Gasteiger charge is -2.45. The molecule has 2 N–H and O–H groups in total. The highest BCUT2D eigenvalue weighted by Gasteiger charge is 2.46. The van der Waals surface area contributed by atoms with E-state index in [9.17, 15) is 31.1 Å². The highest BCUT2D eigenvalue weighted by molar-refractivity contribution is 7.09. The van der Waals surface area contributed by atoms with E-state index in [1.54, 1.807) is 23.7 Å². The summed E-state index contributed by atoms with van der Waals surface area (Å²) in [6.07, 6.45) is -2.74. The van der Waals surface area contributed by atoms with Gasteiger partial charge in [0, 0.05) is 55.9 Å². The highest BCUT2D eigenvalue weighted by Crippen LogP contribution is 2.40. The number of carbonyl (C=O) groups is 3. The zero-order valence-corrected chi connectivity index (χ0v) is 21.4. The number of aryl methyl sites for hydroxylation is 1. The normalized spacial score (nSPS) is 17.2. The number of rotatable bonds is 4. The predicted octanol–water partition coefficient (Wildman–Crippen LogP) is 4.27. The number of hydrogen-bond acceptors (Lipinski definition) is 7. The van der Waals surface area contributed by atoms with Crippen LogP contribution in [0.1, 0.15) is 41.9 Å². The Morgan fingerprint density at radius 2 is 1.49 bits per heavy atom. The van der Waals surface area contributed by atoms with Crippen LogP contribution in [0.15, 0.2) is 29.9 Å². The number of alkyl halides is 6. The first-order chi connectivity index (χ1) is 18.0. The largest absolute Gasteiger partial charge is 0.490 e. The van der Waals surface area contributed by atoms with Gasteiger partial charge < -0.3 is 15.1 Å². The lowest BCUT2D eigenvalue weighted by atomic mass is 9.84. The van der Waals surface area contributed by atoms with Crippen molar-refractivity contribution in [3.63, 3.8) is 0 Å². The van der Waals surface area contributed by atoms with Crippen LogP contribution in [0, 0.1) is 6.92 Å². The molecule has 1 spiro atoms. The molecular formula is C23H26F6N4O5S. The second kappa shape index (κ2) is 13.2. The number of likely N-dealkylation sites (tertiary alicyclic amines) is 2. The first-order valence-corrected chi connectivity index (χ1v) is 12.3. The molecule has 2 aromatic heterocycles. The quantitative estimate of drug-likeness (QED) is 0.511. The van der Waals surface area contributed by atoms with E-state index in [1.807, 2.05) is 12.1 Å². The highest BCUT2D eigenvalue weighted by atomic mass is 32.1. The van der Waals surface area contributed by atoms with Gasteiger partial charge in [-0.2, -0.15) is 26.3 Å². The van der Waals surface area contributed by atoms with Crippen molar-refractivity contribution in [1.29, 1.82) is 0 Å². The smallest absolute Gasteiger partial charge is 0.475 e. The Morgan fingerprint density at radius 1 is 0.974 bits per heavy atom. The summed E-state index contributed by atoms with van der Waals surface area (Å²) in [4.78, 5) is 43.6. The lowest BCUT2D eigenvalue weighted by Crippen LogP contribution is -2.52. The Labute approximate surface area is 223 Å². The van der Waals surface area contributed by atoms with Gasteiger partial charge in [-0.1, -0.05) is 0 Å². The second-order valence-electron chi connectivity index (χ2n) is 8.80. The molecule has 4 heterocycles. The van der Waals surface area contributed by atoms with Gasteiger partial charge in [0.05, 0.1) is 10.7 Å². The summed E-state index contributed by atoms with van der Waals surface area (Å²) in [6, 6.07) is 4.03. The topological polar surface area (TPSA) is 124 Å². The molecule has 0 saturated carbocycles. The number of carboxylic acid groups (broad SMARTS) is 2. The zero-order valence-electron chi connectivity index (χ0n) is 20.6. The maximum absolute atomic E-state index is 12.5. The van der Waals surface area contributed by atoms with Gasteiger partial charge in [0.25, 0.3) is 0 Å². The average Bonchev–Trinajstić information content (AvgIpc) is 3.39.